The Hall–Kier alpha value is -1.98. The van der Waals surface area contributed by atoms with E-state index in [4.69, 9.17) is 0 Å². The number of hydrogen-bond donors (Lipinski definition) is 0. The van der Waals surface area contributed by atoms with E-state index in [1.165, 1.54) is 0 Å². The average molecular weight is 199 g/mol. The molecule has 0 heterocycles. The van der Waals surface area contributed by atoms with Gasteiger partial charge in [-0.2, -0.15) is 0 Å². The molecule has 1 rings (SSSR count). The van der Waals surface area contributed by atoms with Gasteiger partial charge in [0.1, 0.15) is 6.29 Å². The summed E-state index contributed by atoms with van der Waals surface area (Å²) in [5, 5.41) is 10.4. The van der Waals surface area contributed by atoms with E-state index in [2.05, 4.69) is 4.74 Å². The zero-order chi connectivity index (χ0) is 10.7. The summed E-state index contributed by atoms with van der Waals surface area (Å²) >= 11 is 0. The van der Waals surface area contributed by atoms with Crippen molar-refractivity contribution in [2.45, 2.75) is 0 Å². The van der Waals surface area contributed by atoms with Crippen molar-refractivity contribution < 1.29 is 18.8 Å². The van der Waals surface area contributed by atoms with Gasteiger partial charge >= 0.3 is 5.69 Å². The molecule has 0 aliphatic carbocycles. The summed E-state index contributed by atoms with van der Waals surface area (Å²) in [6.45, 7) is 0. The molecule has 0 aromatic heterocycles. The van der Waals surface area contributed by atoms with Crippen molar-refractivity contribution in [1.29, 1.82) is 0 Å². The highest BCUT2D eigenvalue weighted by Gasteiger charge is 2.20. The van der Waals surface area contributed by atoms with E-state index in [0.29, 0.717) is 6.29 Å². The molecule has 0 atom stereocenters. The highest BCUT2D eigenvalue weighted by atomic mass is 19.1. The zero-order valence-corrected chi connectivity index (χ0v) is 7.19. The number of nitrogens with zero attached hydrogens (tertiary/aromatic N) is 1. The SMILES string of the molecule is COc1c(F)cc(C=O)cc1[N+](=O)[O-]. The molecule has 5 nitrogen and oxygen atoms in total. The van der Waals surface area contributed by atoms with Crippen molar-refractivity contribution in [3.63, 3.8) is 0 Å². The van der Waals surface area contributed by atoms with Crippen LogP contribution in [0.2, 0.25) is 0 Å². The van der Waals surface area contributed by atoms with Gasteiger partial charge in [0, 0.05) is 11.6 Å². The molecule has 0 amide bonds. The van der Waals surface area contributed by atoms with Crippen LogP contribution >= 0.6 is 0 Å². The highest BCUT2D eigenvalue weighted by molar-refractivity contribution is 5.77. The normalized spacial score (nSPS) is 9.57. The standard InChI is InChI=1S/C8H6FNO4/c1-14-8-6(9)2-5(4-11)3-7(8)10(12)13/h2-4H,1H3. The summed E-state index contributed by atoms with van der Waals surface area (Å²) in [4.78, 5) is 19.9. The Kier molecular flexibility index (Phi) is 2.76. The Morgan fingerprint density at radius 1 is 1.57 bits per heavy atom. The first-order valence-electron chi connectivity index (χ1n) is 3.57. The van der Waals surface area contributed by atoms with Crippen LogP contribution in [0.15, 0.2) is 12.1 Å². The average Bonchev–Trinajstić information content (AvgIpc) is 2.16. The van der Waals surface area contributed by atoms with Crippen molar-refractivity contribution in [2.24, 2.45) is 0 Å². The summed E-state index contributed by atoms with van der Waals surface area (Å²) in [7, 11) is 1.12. The van der Waals surface area contributed by atoms with Crippen LogP contribution in [0.4, 0.5) is 10.1 Å². The van der Waals surface area contributed by atoms with Gasteiger partial charge in [0.05, 0.1) is 12.0 Å². The summed E-state index contributed by atoms with van der Waals surface area (Å²) < 4.78 is 17.6. The van der Waals surface area contributed by atoms with Gasteiger partial charge < -0.3 is 4.74 Å². The largest absolute Gasteiger partial charge is 0.488 e. The van der Waals surface area contributed by atoms with E-state index in [0.717, 1.165) is 19.2 Å². The number of benzene rings is 1. The predicted octanol–water partition coefficient (Wildman–Crippen LogP) is 1.55. The molecule has 0 spiro atoms. The first kappa shape index (κ1) is 10.1. The number of nitro groups is 1. The van der Waals surface area contributed by atoms with Crippen molar-refractivity contribution in [1.82, 2.24) is 0 Å². The number of rotatable bonds is 3. The van der Waals surface area contributed by atoms with Gasteiger partial charge in [-0.15, -0.1) is 0 Å². The van der Waals surface area contributed by atoms with Crippen LogP contribution in [0, 0.1) is 15.9 Å². The molecule has 74 valence electrons. The lowest BCUT2D eigenvalue weighted by molar-refractivity contribution is -0.386. The van der Waals surface area contributed by atoms with E-state index in [1.54, 1.807) is 0 Å². The topological polar surface area (TPSA) is 69.4 Å². The Bertz CT molecular complexity index is 391. The molecule has 6 heteroatoms. The van der Waals surface area contributed by atoms with E-state index >= 15 is 0 Å². The molecule has 0 unspecified atom stereocenters. The van der Waals surface area contributed by atoms with Crippen LogP contribution in [0.25, 0.3) is 0 Å². The van der Waals surface area contributed by atoms with Gasteiger partial charge in [-0.05, 0) is 6.07 Å². The number of carbonyl (C=O) groups is 1. The maximum absolute atomic E-state index is 13.1. The van der Waals surface area contributed by atoms with Gasteiger partial charge in [0.15, 0.2) is 5.82 Å². The van der Waals surface area contributed by atoms with Gasteiger partial charge in [0.2, 0.25) is 5.75 Å². The van der Waals surface area contributed by atoms with Gasteiger partial charge in [-0.3, -0.25) is 14.9 Å². The Balaban J connectivity index is 3.42. The van der Waals surface area contributed by atoms with E-state index in [1.807, 2.05) is 0 Å². The quantitative estimate of drug-likeness (QED) is 0.420. The fraction of sp³-hybridized carbons (Fsp3) is 0.125. The van der Waals surface area contributed by atoms with Crippen LogP contribution < -0.4 is 4.74 Å². The van der Waals surface area contributed by atoms with Crippen LogP contribution in [-0.4, -0.2) is 18.3 Å². The minimum Gasteiger partial charge on any atom is -0.488 e. The molecule has 14 heavy (non-hydrogen) atoms. The molecule has 0 saturated carbocycles. The number of halogens is 1. The first-order valence-corrected chi connectivity index (χ1v) is 3.57. The lowest BCUT2D eigenvalue weighted by Crippen LogP contribution is -1.98. The molecule has 0 saturated heterocycles. The smallest absolute Gasteiger partial charge is 0.314 e. The molecular formula is C8H6FNO4. The van der Waals surface area contributed by atoms with Crippen molar-refractivity contribution in [2.75, 3.05) is 7.11 Å². The van der Waals surface area contributed by atoms with Crippen LogP contribution in [0.1, 0.15) is 10.4 Å². The molecule has 0 aliphatic rings. The third-order valence-electron chi connectivity index (χ3n) is 1.58. The van der Waals surface area contributed by atoms with Crippen molar-refractivity contribution in [3.05, 3.63) is 33.6 Å². The van der Waals surface area contributed by atoms with Gasteiger partial charge in [-0.25, -0.2) is 4.39 Å². The Morgan fingerprint density at radius 2 is 2.21 bits per heavy atom. The number of ether oxygens (including phenoxy) is 1. The fourth-order valence-corrected chi connectivity index (χ4v) is 1.01. The van der Waals surface area contributed by atoms with E-state index < -0.39 is 22.2 Å². The zero-order valence-electron chi connectivity index (χ0n) is 7.19. The van der Waals surface area contributed by atoms with Crippen molar-refractivity contribution >= 4 is 12.0 Å². The Labute approximate surface area is 78.3 Å². The molecule has 0 radical (unpaired) electrons. The number of methoxy groups -OCH3 is 1. The summed E-state index contributed by atoms with van der Waals surface area (Å²) in [5.74, 6) is -1.40. The number of nitro benzene ring substituents is 1. The van der Waals surface area contributed by atoms with Crippen LogP contribution in [-0.2, 0) is 0 Å². The highest BCUT2D eigenvalue weighted by Crippen LogP contribution is 2.30. The van der Waals surface area contributed by atoms with E-state index in [9.17, 15) is 19.3 Å². The Morgan fingerprint density at radius 3 is 2.64 bits per heavy atom. The summed E-state index contributed by atoms with van der Waals surface area (Å²) in [6, 6.07) is 1.83. The van der Waals surface area contributed by atoms with Crippen LogP contribution in [0.5, 0.6) is 5.75 Å². The van der Waals surface area contributed by atoms with E-state index in [-0.39, 0.29) is 5.56 Å². The molecule has 0 bridgehead atoms. The fourth-order valence-electron chi connectivity index (χ4n) is 1.01. The van der Waals surface area contributed by atoms with Gasteiger partial charge in [-0.1, -0.05) is 0 Å². The minimum atomic E-state index is -0.927. The lowest BCUT2D eigenvalue weighted by atomic mass is 10.2. The number of hydrogen-bond acceptors (Lipinski definition) is 4. The second kappa shape index (κ2) is 3.82. The second-order valence-electron chi connectivity index (χ2n) is 2.43. The third-order valence-corrected chi connectivity index (χ3v) is 1.58. The molecule has 0 N–H and O–H groups in total. The lowest BCUT2D eigenvalue weighted by Gasteiger charge is -2.02. The summed E-state index contributed by atoms with van der Waals surface area (Å²) in [5.41, 5.74) is -0.662. The molecule has 1 aromatic rings. The second-order valence-corrected chi connectivity index (χ2v) is 2.43. The predicted molar refractivity (Wildman–Crippen MR) is 45.0 cm³/mol. The number of carbonyl (C=O) groups excluding carboxylic acids is 1. The molecular weight excluding hydrogens is 193 g/mol. The van der Waals surface area contributed by atoms with Crippen LogP contribution in [0.3, 0.4) is 0 Å². The minimum absolute atomic E-state index is 0.102. The first-order chi connectivity index (χ1) is 6.60. The molecule has 1 aromatic carbocycles. The maximum atomic E-state index is 13.1. The van der Waals surface area contributed by atoms with Gasteiger partial charge in [0.25, 0.3) is 0 Å². The monoisotopic (exact) mass is 199 g/mol. The summed E-state index contributed by atoms with van der Waals surface area (Å²) in [6.07, 6.45) is 0.329. The molecule has 0 fully saturated rings. The molecule has 0 aliphatic heterocycles. The maximum Gasteiger partial charge on any atom is 0.314 e. The third kappa shape index (κ3) is 1.68. The van der Waals surface area contributed by atoms with Crippen molar-refractivity contribution in [3.8, 4) is 5.75 Å². The number of aldehydes is 1.